The zero-order valence-electron chi connectivity index (χ0n) is 11.3. The maximum atomic E-state index is 12.0. The number of hydrogen-bond acceptors (Lipinski definition) is 3. The Morgan fingerprint density at radius 3 is 2.95 bits per heavy atom. The number of benzene rings is 1. The average molecular weight is 261 g/mol. The van der Waals surface area contributed by atoms with E-state index in [1.807, 2.05) is 19.1 Å². The first-order valence-electron chi connectivity index (χ1n) is 6.16. The van der Waals surface area contributed by atoms with Crippen LogP contribution in [0.4, 0.5) is 0 Å². The lowest BCUT2D eigenvalue weighted by atomic mass is 10.0. The van der Waals surface area contributed by atoms with Crippen molar-refractivity contribution in [2.45, 2.75) is 13.3 Å². The van der Waals surface area contributed by atoms with Gasteiger partial charge in [0.15, 0.2) is 0 Å². The van der Waals surface area contributed by atoms with Crippen LogP contribution in [0.3, 0.4) is 0 Å². The second-order valence-corrected chi connectivity index (χ2v) is 4.09. The molecule has 1 aromatic rings. The van der Waals surface area contributed by atoms with Crippen molar-refractivity contribution < 1.29 is 14.6 Å². The van der Waals surface area contributed by atoms with Crippen LogP contribution in [-0.2, 0) is 4.74 Å². The fourth-order valence-electron chi connectivity index (χ4n) is 1.60. The summed E-state index contributed by atoms with van der Waals surface area (Å²) in [4.78, 5) is 12.0. The number of carbonyl (C=O) groups is 1. The van der Waals surface area contributed by atoms with Crippen LogP contribution < -0.4 is 5.32 Å². The van der Waals surface area contributed by atoms with Gasteiger partial charge in [0.05, 0.1) is 0 Å². The lowest BCUT2D eigenvalue weighted by molar-refractivity contribution is 0.0948. The molecule has 4 heteroatoms. The smallest absolute Gasteiger partial charge is 0.251 e. The largest absolute Gasteiger partial charge is 0.385 e. The summed E-state index contributed by atoms with van der Waals surface area (Å²) in [6, 6.07) is 5.43. The van der Waals surface area contributed by atoms with Crippen LogP contribution in [0.2, 0.25) is 0 Å². The van der Waals surface area contributed by atoms with Gasteiger partial charge in [0, 0.05) is 31.4 Å². The highest BCUT2D eigenvalue weighted by Gasteiger charge is 2.08. The van der Waals surface area contributed by atoms with Gasteiger partial charge in [-0.2, -0.15) is 0 Å². The molecule has 0 saturated heterocycles. The molecule has 0 aliphatic rings. The van der Waals surface area contributed by atoms with Crippen LogP contribution in [0, 0.1) is 18.8 Å². The zero-order chi connectivity index (χ0) is 14.1. The third kappa shape index (κ3) is 5.12. The Morgan fingerprint density at radius 1 is 1.47 bits per heavy atom. The number of ether oxygens (including phenoxy) is 1. The highest BCUT2D eigenvalue weighted by atomic mass is 16.5. The zero-order valence-corrected chi connectivity index (χ0v) is 11.3. The molecule has 102 valence electrons. The van der Waals surface area contributed by atoms with E-state index in [0.717, 1.165) is 17.5 Å². The van der Waals surface area contributed by atoms with E-state index in [1.54, 1.807) is 13.2 Å². The van der Waals surface area contributed by atoms with E-state index >= 15 is 0 Å². The topological polar surface area (TPSA) is 58.6 Å². The number of nitrogens with one attached hydrogen (secondary N) is 1. The number of aliphatic hydroxyl groups excluding tert-OH is 1. The van der Waals surface area contributed by atoms with Gasteiger partial charge in [0.1, 0.15) is 6.61 Å². The van der Waals surface area contributed by atoms with Gasteiger partial charge >= 0.3 is 0 Å². The second-order valence-electron chi connectivity index (χ2n) is 4.09. The van der Waals surface area contributed by atoms with E-state index < -0.39 is 0 Å². The Bertz CT molecular complexity index is 486. The molecule has 0 atom stereocenters. The Morgan fingerprint density at radius 2 is 2.26 bits per heavy atom. The molecule has 1 aromatic carbocycles. The molecule has 0 aliphatic carbocycles. The summed E-state index contributed by atoms with van der Waals surface area (Å²) in [6.45, 7) is 2.90. The van der Waals surface area contributed by atoms with E-state index in [4.69, 9.17) is 9.84 Å². The molecule has 0 spiro atoms. The number of hydrogen-bond donors (Lipinski definition) is 2. The van der Waals surface area contributed by atoms with Gasteiger partial charge in [-0.15, -0.1) is 0 Å². The van der Waals surface area contributed by atoms with Gasteiger partial charge in [-0.05, 0) is 31.0 Å². The molecular weight excluding hydrogens is 242 g/mol. The SMILES string of the molecule is COCCCNC(=O)c1cc(C#CCO)ccc1C. The lowest BCUT2D eigenvalue weighted by Crippen LogP contribution is -2.26. The van der Waals surface area contributed by atoms with E-state index in [9.17, 15) is 4.79 Å². The summed E-state index contributed by atoms with van der Waals surface area (Å²) in [7, 11) is 1.63. The van der Waals surface area contributed by atoms with Crippen LogP contribution in [0.5, 0.6) is 0 Å². The first-order valence-corrected chi connectivity index (χ1v) is 6.16. The highest BCUT2D eigenvalue weighted by molar-refractivity contribution is 5.96. The fourth-order valence-corrected chi connectivity index (χ4v) is 1.60. The number of aryl methyl sites for hydroxylation is 1. The Labute approximate surface area is 113 Å². The minimum absolute atomic E-state index is 0.110. The van der Waals surface area contributed by atoms with Gasteiger partial charge in [-0.1, -0.05) is 17.9 Å². The molecule has 1 rings (SSSR count). The molecule has 19 heavy (non-hydrogen) atoms. The van der Waals surface area contributed by atoms with Crippen molar-refractivity contribution >= 4 is 5.91 Å². The molecule has 2 N–H and O–H groups in total. The minimum atomic E-state index is -0.188. The van der Waals surface area contributed by atoms with Crippen LogP contribution in [-0.4, -0.2) is 37.9 Å². The molecule has 1 amide bonds. The van der Waals surface area contributed by atoms with Crippen molar-refractivity contribution in [3.63, 3.8) is 0 Å². The molecular formula is C15H19NO3. The van der Waals surface area contributed by atoms with E-state index in [-0.39, 0.29) is 12.5 Å². The number of aliphatic hydroxyl groups is 1. The normalized spacial score (nSPS) is 9.63. The molecule has 0 saturated carbocycles. The van der Waals surface area contributed by atoms with E-state index in [0.29, 0.717) is 18.7 Å². The molecule has 0 radical (unpaired) electrons. The number of rotatable bonds is 5. The van der Waals surface area contributed by atoms with Crippen molar-refractivity contribution in [2.24, 2.45) is 0 Å². The van der Waals surface area contributed by atoms with Gasteiger partial charge in [-0.25, -0.2) is 0 Å². The van der Waals surface area contributed by atoms with Crippen molar-refractivity contribution in [1.29, 1.82) is 0 Å². The summed E-state index contributed by atoms with van der Waals surface area (Å²) in [6.07, 6.45) is 0.783. The van der Waals surface area contributed by atoms with Crippen molar-refractivity contribution in [2.75, 3.05) is 26.9 Å². The first kappa shape index (κ1) is 15.2. The molecule has 0 aliphatic heterocycles. The monoisotopic (exact) mass is 261 g/mol. The molecule has 0 unspecified atom stereocenters. The van der Waals surface area contributed by atoms with Crippen molar-refractivity contribution in [1.82, 2.24) is 5.32 Å². The quantitative estimate of drug-likeness (QED) is 0.616. The van der Waals surface area contributed by atoms with E-state index in [2.05, 4.69) is 17.2 Å². The van der Waals surface area contributed by atoms with Gasteiger partial charge in [0.25, 0.3) is 5.91 Å². The van der Waals surface area contributed by atoms with Crippen LogP contribution in [0.25, 0.3) is 0 Å². The number of methoxy groups -OCH3 is 1. The molecule has 0 fully saturated rings. The summed E-state index contributed by atoms with van der Waals surface area (Å²) in [5.41, 5.74) is 2.24. The summed E-state index contributed by atoms with van der Waals surface area (Å²) in [5, 5.41) is 11.5. The standard InChI is InChI=1S/C15H19NO3/c1-12-6-7-13(5-3-9-17)11-14(12)15(18)16-8-4-10-19-2/h6-7,11,17H,4,8-10H2,1-2H3,(H,16,18). The number of carbonyl (C=O) groups excluding carboxylic acids is 1. The maximum absolute atomic E-state index is 12.0. The Hall–Kier alpha value is -1.83. The van der Waals surface area contributed by atoms with Gasteiger partial charge in [0.2, 0.25) is 0 Å². The summed E-state index contributed by atoms with van der Waals surface area (Å²) in [5.74, 6) is 5.25. The molecule has 0 aromatic heterocycles. The summed E-state index contributed by atoms with van der Waals surface area (Å²) >= 11 is 0. The number of amides is 1. The van der Waals surface area contributed by atoms with Crippen LogP contribution in [0.1, 0.15) is 27.9 Å². The minimum Gasteiger partial charge on any atom is -0.385 e. The molecule has 0 heterocycles. The summed E-state index contributed by atoms with van der Waals surface area (Å²) < 4.78 is 4.92. The predicted molar refractivity (Wildman–Crippen MR) is 74.0 cm³/mol. The molecule has 0 bridgehead atoms. The van der Waals surface area contributed by atoms with Gasteiger partial charge < -0.3 is 15.2 Å². The fraction of sp³-hybridized carbons (Fsp3) is 0.400. The first-order chi connectivity index (χ1) is 9.19. The second kappa shape index (κ2) is 8.30. The predicted octanol–water partition coefficient (Wildman–Crippen LogP) is 1.11. The van der Waals surface area contributed by atoms with Crippen molar-refractivity contribution in [3.05, 3.63) is 34.9 Å². The third-order valence-corrected chi connectivity index (χ3v) is 2.60. The van der Waals surface area contributed by atoms with E-state index in [1.165, 1.54) is 0 Å². The lowest BCUT2D eigenvalue weighted by Gasteiger charge is -2.08. The average Bonchev–Trinajstić information content (AvgIpc) is 2.42. The molecule has 4 nitrogen and oxygen atoms in total. The third-order valence-electron chi connectivity index (χ3n) is 2.60. The van der Waals surface area contributed by atoms with Gasteiger partial charge in [-0.3, -0.25) is 4.79 Å². The highest BCUT2D eigenvalue weighted by Crippen LogP contribution is 2.10. The Balaban J connectivity index is 2.72. The van der Waals surface area contributed by atoms with Crippen molar-refractivity contribution in [3.8, 4) is 11.8 Å². The van der Waals surface area contributed by atoms with Crippen LogP contribution in [0.15, 0.2) is 18.2 Å². The van der Waals surface area contributed by atoms with Crippen LogP contribution >= 0.6 is 0 Å². The maximum Gasteiger partial charge on any atom is 0.251 e. The Kier molecular flexibility index (Phi) is 6.65.